The van der Waals surface area contributed by atoms with Crippen LogP contribution in [0.4, 0.5) is 10.1 Å². The zero-order valence-electron chi connectivity index (χ0n) is 7.97. The first-order chi connectivity index (χ1) is 6.20. The molecule has 1 nitrogen and oxygen atoms in total. The highest BCUT2D eigenvalue weighted by Gasteiger charge is 2.26. The van der Waals surface area contributed by atoms with Gasteiger partial charge in [0.2, 0.25) is 0 Å². The first-order valence-corrected chi connectivity index (χ1v) is 4.72. The van der Waals surface area contributed by atoms with Crippen LogP contribution in [-0.4, -0.2) is 6.54 Å². The van der Waals surface area contributed by atoms with Gasteiger partial charge in [0.25, 0.3) is 0 Å². The molecule has 0 saturated heterocycles. The fourth-order valence-electron chi connectivity index (χ4n) is 1.95. The summed E-state index contributed by atoms with van der Waals surface area (Å²) in [5.74, 6) is 0.905. The Morgan fingerprint density at radius 1 is 1.46 bits per heavy atom. The van der Waals surface area contributed by atoms with E-state index >= 15 is 0 Å². The van der Waals surface area contributed by atoms with Gasteiger partial charge < -0.3 is 5.32 Å². The Morgan fingerprint density at radius 2 is 2.23 bits per heavy atom. The van der Waals surface area contributed by atoms with Gasteiger partial charge in [0.05, 0.1) is 5.69 Å². The standard InChI is InChI=1S/C11H14FN/c1-7(2)9-6-13-11-8(9)4-3-5-10(11)12/h3-5,7,9,13H,6H2,1-2H3/t9-/m0/s1. The number of rotatable bonds is 1. The Bertz CT molecular complexity index is 320. The van der Waals surface area contributed by atoms with Crippen LogP contribution in [0.2, 0.25) is 0 Å². The number of fused-ring (bicyclic) bond motifs is 1. The van der Waals surface area contributed by atoms with E-state index < -0.39 is 0 Å². The molecule has 0 fully saturated rings. The molecule has 1 aromatic rings. The van der Waals surface area contributed by atoms with E-state index in [0.29, 0.717) is 17.5 Å². The molecule has 2 heteroatoms. The molecule has 2 rings (SSSR count). The van der Waals surface area contributed by atoms with Gasteiger partial charge in [-0.05, 0) is 17.5 Å². The molecule has 1 N–H and O–H groups in total. The van der Waals surface area contributed by atoms with E-state index in [-0.39, 0.29) is 5.82 Å². The van der Waals surface area contributed by atoms with E-state index in [9.17, 15) is 4.39 Å². The summed E-state index contributed by atoms with van der Waals surface area (Å²) in [6.07, 6.45) is 0. The lowest BCUT2D eigenvalue weighted by atomic mass is 9.90. The Labute approximate surface area is 78.0 Å². The minimum Gasteiger partial charge on any atom is -0.382 e. The van der Waals surface area contributed by atoms with Gasteiger partial charge in [0.1, 0.15) is 5.82 Å². The Balaban J connectivity index is 2.43. The van der Waals surface area contributed by atoms with E-state index in [1.807, 2.05) is 6.07 Å². The van der Waals surface area contributed by atoms with Crippen molar-refractivity contribution in [1.29, 1.82) is 0 Å². The number of benzene rings is 1. The molecule has 0 amide bonds. The van der Waals surface area contributed by atoms with Crippen molar-refractivity contribution in [3.8, 4) is 0 Å². The average Bonchev–Trinajstić information content (AvgIpc) is 2.48. The highest BCUT2D eigenvalue weighted by Crippen LogP contribution is 2.37. The Morgan fingerprint density at radius 3 is 2.92 bits per heavy atom. The van der Waals surface area contributed by atoms with E-state index in [2.05, 4.69) is 19.2 Å². The van der Waals surface area contributed by atoms with Crippen molar-refractivity contribution in [1.82, 2.24) is 0 Å². The number of nitrogens with one attached hydrogen (secondary N) is 1. The normalized spacial score (nSPS) is 20.2. The van der Waals surface area contributed by atoms with Crippen molar-refractivity contribution in [2.45, 2.75) is 19.8 Å². The number of para-hydroxylation sites is 1. The molecule has 0 aromatic heterocycles. The van der Waals surface area contributed by atoms with Crippen molar-refractivity contribution >= 4 is 5.69 Å². The summed E-state index contributed by atoms with van der Waals surface area (Å²) in [6, 6.07) is 5.31. The first-order valence-electron chi connectivity index (χ1n) is 4.72. The van der Waals surface area contributed by atoms with Crippen molar-refractivity contribution in [2.24, 2.45) is 5.92 Å². The van der Waals surface area contributed by atoms with Crippen molar-refractivity contribution in [3.63, 3.8) is 0 Å². The molecular formula is C11H14FN. The maximum atomic E-state index is 13.3. The van der Waals surface area contributed by atoms with Gasteiger partial charge in [-0.2, -0.15) is 0 Å². The predicted octanol–water partition coefficient (Wildman–Crippen LogP) is 2.99. The van der Waals surface area contributed by atoms with Gasteiger partial charge in [-0.15, -0.1) is 0 Å². The zero-order chi connectivity index (χ0) is 9.42. The van der Waals surface area contributed by atoms with Gasteiger partial charge in [0, 0.05) is 12.5 Å². The lowest BCUT2D eigenvalue weighted by molar-refractivity contribution is 0.533. The fraction of sp³-hybridized carbons (Fsp3) is 0.455. The van der Waals surface area contributed by atoms with Crippen LogP contribution >= 0.6 is 0 Å². The number of halogens is 1. The Kier molecular flexibility index (Phi) is 1.98. The summed E-state index contributed by atoms with van der Waals surface area (Å²) >= 11 is 0. The van der Waals surface area contributed by atoms with E-state index in [0.717, 1.165) is 12.1 Å². The Hall–Kier alpha value is -1.05. The smallest absolute Gasteiger partial charge is 0.146 e. The molecule has 13 heavy (non-hydrogen) atoms. The average molecular weight is 179 g/mol. The van der Waals surface area contributed by atoms with Gasteiger partial charge in [-0.1, -0.05) is 26.0 Å². The molecule has 0 bridgehead atoms. The van der Waals surface area contributed by atoms with E-state index in [1.54, 1.807) is 6.07 Å². The second-order valence-electron chi connectivity index (χ2n) is 3.94. The molecule has 0 unspecified atom stereocenters. The lowest BCUT2D eigenvalue weighted by Gasteiger charge is -2.13. The molecule has 1 atom stereocenters. The summed E-state index contributed by atoms with van der Waals surface area (Å²) in [7, 11) is 0. The molecular weight excluding hydrogens is 165 g/mol. The molecule has 1 heterocycles. The van der Waals surface area contributed by atoms with Crippen LogP contribution < -0.4 is 5.32 Å². The summed E-state index contributed by atoms with van der Waals surface area (Å²) in [4.78, 5) is 0. The summed E-state index contributed by atoms with van der Waals surface area (Å²) < 4.78 is 13.3. The second-order valence-corrected chi connectivity index (χ2v) is 3.94. The van der Waals surface area contributed by atoms with Crippen molar-refractivity contribution < 1.29 is 4.39 Å². The highest BCUT2D eigenvalue weighted by atomic mass is 19.1. The van der Waals surface area contributed by atoms with Crippen LogP contribution in [0.25, 0.3) is 0 Å². The van der Waals surface area contributed by atoms with Gasteiger partial charge in [-0.25, -0.2) is 4.39 Å². The fourth-order valence-corrected chi connectivity index (χ4v) is 1.95. The van der Waals surface area contributed by atoms with Gasteiger partial charge in [0.15, 0.2) is 0 Å². The molecule has 0 aliphatic carbocycles. The number of hydrogen-bond donors (Lipinski definition) is 1. The third-order valence-corrected chi connectivity index (χ3v) is 2.75. The van der Waals surface area contributed by atoms with Crippen LogP contribution in [0, 0.1) is 11.7 Å². The van der Waals surface area contributed by atoms with Crippen molar-refractivity contribution in [3.05, 3.63) is 29.6 Å². The summed E-state index contributed by atoms with van der Waals surface area (Å²) in [5, 5.41) is 3.12. The van der Waals surface area contributed by atoms with Gasteiger partial charge in [-0.3, -0.25) is 0 Å². The molecule has 70 valence electrons. The molecule has 0 radical (unpaired) electrons. The monoisotopic (exact) mass is 179 g/mol. The SMILES string of the molecule is CC(C)[C@@H]1CNc2c(F)cccc21. The minimum atomic E-state index is -0.124. The van der Waals surface area contributed by atoms with Crippen LogP contribution in [0.5, 0.6) is 0 Å². The first kappa shape index (κ1) is 8.54. The zero-order valence-corrected chi connectivity index (χ0v) is 7.97. The van der Waals surface area contributed by atoms with Gasteiger partial charge >= 0.3 is 0 Å². The topological polar surface area (TPSA) is 12.0 Å². The predicted molar refractivity (Wildman–Crippen MR) is 52.5 cm³/mol. The summed E-state index contributed by atoms with van der Waals surface area (Å²) in [6.45, 7) is 5.21. The number of hydrogen-bond acceptors (Lipinski definition) is 1. The molecule has 1 aliphatic rings. The highest BCUT2D eigenvalue weighted by molar-refractivity contribution is 5.58. The molecule has 0 spiro atoms. The minimum absolute atomic E-state index is 0.124. The molecule has 1 aliphatic heterocycles. The second kappa shape index (κ2) is 3.02. The van der Waals surface area contributed by atoms with E-state index in [1.165, 1.54) is 6.07 Å². The third-order valence-electron chi connectivity index (χ3n) is 2.75. The summed E-state index contributed by atoms with van der Waals surface area (Å²) in [5.41, 5.74) is 1.84. The maximum absolute atomic E-state index is 13.3. The molecule has 1 aromatic carbocycles. The van der Waals surface area contributed by atoms with Crippen LogP contribution in [0.3, 0.4) is 0 Å². The number of anilines is 1. The van der Waals surface area contributed by atoms with Crippen LogP contribution in [0.1, 0.15) is 25.3 Å². The lowest BCUT2D eigenvalue weighted by Crippen LogP contribution is -2.08. The quantitative estimate of drug-likeness (QED) is 0.698. The van der Waals surface area contributed by atoms with E-state index in [4.69, 9.17) is 0 Å². The largest absolute Gasteiger partial charge is 0.382 e. The molecule has 0 saturated carbocycles. The van der Waals surface area contributed by atoms with Crippen LogP contribution in [-0.2, 0) is 0 Å². The maximum Gasteiger partial charge on any atom is 0.146 e. The van der Waals surface area contributed by atoms with Crippen LogP contribution in [0.15, 0.2) is 18.2 Å². The third kappa shape index (κ3) is 1.30. The van der Waals surface area contributed by atoms with Crippen molar-refractivity contribution in [2.75, 3.05) is 11.9 Å².